The van der Waals surface area contributed by atoms with Crippen LogP contribution in [0.1, 0.15) is 21.4 Å². The van der Waals surface area contributed by atoms with E-state index in [1.165, 1.54) is 29.8 Å². The summed E-state index contributed by atoms with van der Waals surface area (Å²) in [5, 5.41) is 10.1. The van der Waals surface area contributed by atoms with Gasteiger partial charge < -0.3 is 15.8 Å². The van der Waals surface area contributed by atoms with Crippen molar-refractivity contribution in [2.24, 2.45) is 5.73 Å². The Morgan fingerprint density at radius 3 is 2.29 bits per heavy atom. The zero-order valence-corrected chi connectivity index (χ0v) is 19.6. The quantitative estimate of drug-likeness (QED) is 0.313. The summed E-state index contributed by atoms with van der Waals surface area (Å²) in [5.74, 6) is -0.540. The lowest BCUT2D eigenvalue weighted by atomic mass is 10.2. The first kappa shape index (κ1) is 23.9. The van der Waals surface area contributed by atoms with Crippen LogP contribution in [0.25, 0.3) is 0 Å². The third-order valence-corrected chi connectivity index (χ3v) is 6.85. The molecule has 0 fully saturated rings. The van der Waals surface area contributed by atoms with E-state index in [1.54, 1.807) is 48.5 Å². The van der Waals surface area contributed by atoms with Crippen molar-refractivity contribution >= 4 is 38.9 Å². The van der Waals surface area contributed by atoms with Gasteiger partial charge in [-0.1, -0.05) is 30.3 Å². The topological polar surface area (TPSA) is 153 Å². The molecule has 10 nitrogen and oxygen atoms in total. The summed E-state index contributed by atoms with van der Waals surface area (Å²) in [5.41, 5.74) is 7.15. The number of benzene rings is 3. The first-order valence-electron chi connectivity index (χ1n) is 10.1. The molecule has 4 N–H and O–H groups in total. The Hall–Kier alpha value is -4.29. The normalized spacial score (nSPS) is 11.9. The van der Waals surface area contributed by atoms with Gasteiger partial charge in [0, 0.05) is 5.56 Å². The molecule has 1 unspecified atom stereocenters. The van der Waals surface area contributed by atoms with Gasteiger partial charge in [0.1, 0.15) is 16.3 Å². The Morgan fingerprint density at radius 1 is 0.943 bits per heavy atom. The summed E-state index contributed by atoms with van der Waals surface area (Å²) in [7, 11) is -3.99. The highest BCUT2D eigenvalue weighted by atomic mass is 32.2. The minimum atomic E-state index is -3.99. The highest BCUT2D eigenvalue weighted by molar-refractivity contribution is 7.92. The maximum absolute atomic E-state index is 13.0. The second kappa shape index (κ2) is 10.3. The van der Waals surface area contributed by atoms with E-state index < -0.39 is 27.9 Å². The predicted molar refractivity (Wildman–Crippen MR) is 130 cm³/mol. The summed E-state index contributed by atoms with van der Waals surface area (Å²) >= 11 is 1.07. The van der Waals surface area contributed by atoms with E-state index in [1.807, 2.05) is 6.07 Å². The molecular weight excluding hydrogens is 490 g/mol. The molecule has 0 spiro atoms. The molecule has 178 valence electrons. The van der Waals surface area contributed by atoms with Crippen LogP contribution < -0.4 is 20.5 Å². The van der Waals surface area contributed by atoms with E-state index in [2.05, 4.69) is 20.2 Å². The molecule has 2 amide bonds. The van der Waals surface area contributed by atoms with Gasteiger partial charge in [-0.05, 0) is 48.5 Å². The molecule has 0 aliphatic rings. The molecule has 4 rings (SSSR count). The Labute approximate surface area is 204 Å². The summed E-state index contributed by atoms with van der Waals surface area (Å²) in [4.78, 5) is 24.2. The van der Waals surface area contributed by atoms with E-state index >= 15 is 0 Å². The van der Waals surface area contributed by atoms with Crippen LogP contribution in [0.15, 0.2) is 89.3 Å². The fraction of sp³-hybridized carbons (Fsp3) is 0.0435. The number of anilines is 1. The number of rotatable bonds is 9. The average Bonchev–Trinajstić information content (AvgIpc) is 3.38. The van der Waals surface area contributed by atoms with Crippen molar-refractivity contribution in [3.05, 3.63) is 94.9 Å². The summed E-state index contributed by atoms with van der Waals surface area (Å²) < 4.78 is 34.2. The number of nitrogens with two attached hydrogens (primary N) is 1. The zero-order valence-electron chi connectivity index (χ0n) is 18.0. The first-order valence-corrected chi connectivity index (χ1v) is 12.5. The van der Waals surface area contributed by atoms with Crippen molar-refractivity contribution in [2.45, 2.75) is 10.9 Å². The van der Waals surface area contributed by atoms with Gasteiger partial charge in [-0.15, -0.1) is 21.5 Å². The second-order valence-electron chi connectivity index (χ2n) is 7.13. The largest absolute Gasteiger partial charge is 0.455 e. The number of sulfonamides is 1. The van der Waals surface area contributed by atoms with Crippen LogP contribution in [0.3, 0.4) is 0 Å². The first-order chi connectivity index (χ1) is 16.8. The van der Waals surface area contributed by atoms with Crippen LogP contribution in [0.5, 0.6) is 11.5 Å². The lowest BCUT2D eigenvalue weighted by molar-refractivity contribution is -0.120. The monoisotopic (exact) mass is 509 g/mol. The number of hydrogen-bond donors (Lipinski definition) is 3. The molecule has 0 radical (unpaired) electrons. The highest BCUT2D eigenvalue weighted by Crippen LogP contribution is 2.31. The van der Waals surface area contributed by atoms with Crippen LogP contribution in [0, 0.1) is 0 Å². The van der Waals surface area contributed by atoms with Crippen LogP contribution in [-0.2, 0) is 14.8 Å². The SMILES string of the molecule is NC(=O)C(NC(=O)c1ccc(S(=O)(=O)Nc2ccccc2Oc2ccccc2)cc1)c1nncs1. The third-order valence-electron chi connectivity index (χ3n) is 4.71. The Bertz CT molecular complexity index is 1430. The number of amides is 2. The maximum atomic E-state index is 13.0. The molecule has 0 bridgehead atoms. The van der Waals surface area contributed by atoms with Gasteiger partial charge >= 0.3 is 0 Å². The van der Waals surface area contributed by atoms with Crippen molar-refractivity contribution in [3.8, 4) is 11.5 Å². The number of carbonyl (C=O) groups is 2. The van der Waals surface area contributed by atoms with Gasteiger partial charge in [0.05, 0.1) is 10.6 Å². The molecule has 0 aliphatic carbocycles. The van der Waals surface area contributed by atoms with Gasteiger partial charge in [0.25, 0.3) is 15.9 Å². The molecular formula is C23H19N5O5S2. The van der Waals surface area contributed by atoms with Gasteiger partial charge in [0.15, 0.2) is 11.8 Å². The molecule has 1 aromatic heterocycles. The number of hydrogen-bond acceptors (Lipinski definition) is 8. The minimum absolute atomic E-state index is 0.0702. The second-order valence-corrected chi connectivity index (χ2v) is 9.67. The molecule has 0 saturated heterocycles. The third kappa shape index (κ3) is 5.80. The van der Waals surface area contributed by atoms with Crippen LogP contribution in [0.4, 0.5) is 5.69 Å². The predicted octanol–water partition coefficient (Wildman–Crippen LogP) is 3.09. The van der Waals surface area contributed by atoms with Crippen LogP contribution in [-0.4, -0.2) is 30.4 Å². The smallest absolute Gasteiger partial charge is 0.262 e. The van der Waals surface area contributed by atoms with Gasteiger partial charge in [-0.2, -0.15) is 0 Å². The van der Waals surface area contributed by atoms with E-state index in [0.717, 1.165) is 11.3 Å². The Balaban J connectivity index is 1.49. The van der Waals surface area contributed by atoms with E-state index in [9.17, 15) is 18.0 Å². The van der Waals surface area contributed by atoms with Crippen molar-refractivity contribution in [2.75, 3.05) is 4.72 Å². The van der Waals surface area contributed by atoms with Crippen molar-refractivity contribution < 1.29 is 22.7 Å². The minimum Gasteiger partial charge on any atom is -0.455 e. The molecule has 1 atom stereocenters. The molecule has 3 aromatic carbocycles. The van der Waals surface area contributed by atoms with Gasteiger partial charge in [0.2, 0.25) is 5.91 Å². The molecule has 0 saturated carbocycles. The lowest BCUT2D eigenvalue weighted by Gasteiger charge is -2.14. The molecule has 12 heteroatoms. The number of ether oxygens (including phenoxy) is 1. The Kier molecular flexibility index (Phi) is 7.03. The van der Waals surface area contributed by atoms with Crippen molar-refractivity contribution in [3.63, 3.8) is 0 Å². The van der Waals surface area contributed by atoms with E-state index in [-0.39, 0.29) is 21.2 Å². The number of primary amides is 1. The standard InChI is InChI=1S/C23H19N5O5S2/c24-21(29)20(23-27-25-14-34-23)26-22(30)15-10-12-17(13-11-15)35(31,32)28-18-8-4-5-9-19(18)33-16-6-2-1-3-7-16/h1-14,20,28H,(H2,24,29)(H,26,30). The molecule has 0 aliphatic heterocycles. The number of nitrogens with one attached hydrogen (secondary N) is 2. The summed E-state index contributed by atoms with van der Waals surface area (Å²) in [6, 6.07) is 19.6. The maximum Gasteiger partial charge on any atom is 0.262 e. The molecule has 1 heterocycles. The van der Waals surface area contributed by atoms with Crippen molar-refractivity contribution in [1.82, 2.24) is 15.5 Å². The zero-order chi connectivity index (χ0) is 24.8. The highest BCUT2D eigenvalue weighted by Gasteiger charge is 2.24. The number of aromatic nitrogens is 2. The molecule has 35 heavy (non-hydrogen) atoms. The van der Waals surface area contributed by atoms with Gasteiger partial charge in [-0.3, -0.25) is 14.3 Å². The number of para-hydroxylation sites is 3. The fourth-order valence-corrected chi connectivity index (χ4v) is 4.70. The van der Waals surface area contributed by atoms with Gasteiger partial charge in [-0.25, -0.2) is 8.42 Å². The van der Waals surface area contributed by atoms with Crippen LogP contribution in [0.2, 0.25) is 0 Å². The number of carbonyl (C=O) groups excluding carboxylic acids is 2. The summed E-state index contributed by atoms with van der Waals surface area (Å²) in [6.07, 6.45) is 0. The number of nitrogens with zero attached hydrogens (tertiary/aromatic N) is 2. The van der Waals surface area contributed by atoms with Crippen LogP contribution >= 0.6 is 11.3 Å². The fourth-order valence-electron chi connectivity index (χ4n) is 3.02. The van der Waals surface area contributed by atoms with Crippen molar-refractivity contribution in [1.29, 1.82) is 0 Å². The van der Waals surface area contributed by atoms with E-state index in [4.69, 9.17) is 10.5 Å². The molecule has 4 aromatic rings. The average molecular weight is 510 g/mol. The summed E-state index contributed by atoms with van der Waals surface area (Å²) in [6.45, 7) is 0. The van der Waals surface area contributed by atoms with E-state index in [0.29, 0.717) is 11.5 Å². The lowest BCUT2D eigenvalue weighted by Crippen LogP contribution is -2.37. The Morgan fingerprint density at radius 2 is 1.63 bits per heavy atom.